The van der Waals surface area contributed by atoms with Gasteiger partial charge < -0.3 is 5.32 Å². The minimum Gasteiger partial charge on any atom is -0.348 e. The number of amides is 1. The van der Waals surface area contributed by atoms with Gasteiger partial charge in [-0.2, -0.15) is 5.10 Å². The number of carbonyl (C=O) groups excluding carboxylic acids is 1. The van der Waals surface area contributed by atoms with E-state index in [1.807, 2.05) is 38.1 Å². The lowest BCUT2D eigenvalue weighted by atomic mass is 10.0. The molecule has 1 aromatic carbocycles. The maximum absolute atomic E-state index is 12.1. The van der Waals surface area contributed by atoms with Crippen molar-refractivity contribution in [1.82, 2.24) is 15.5 Å². The summed E-state index contributed by atoms with van der Waals surface area (Å²) >= 11 is 0. The lowest BCUT2D eigenvalue weighted by Crippen LogP contribution is -2.24. The number of carbonyl (C=O) groups is 1. The van der Waals surface area contributed by atoms with E-state index in [2.05, 4.69) is 15.5 Å². The second-order valence-electron chi connectivity index (χ2n) is 4.21. The third-order valence-corrected chi connectivity index (χ3v) is 3.02. The Labute approximate surface area is 106 Å². The molecule has 94 valence electrons. The molecule has 0 radical (unpaired) electrons. The van der Waals surface area contributed by atoms with Crippen molar-refractivity contribution in [3.05, 3.63) is 52.8 Å². The average Bonchev–Trinajstić information content (AvgIpc) is 2.81. The van der Waals surface area contributed by atoms with Gasteiger partial charge in [-0.15, -0.1) is 0 Å². The molecule has 0 saturated carbocycles. The summed E-state index contributed by atoms with van der Waals surface area (Å²) in [5.41, 5.74) is 3.82. The first-order valence-corrected chi connectivity index (χ1v) is 6.07. The monoisotopic (exact) mass is 243 g/mol. The quantitative estimate of drug-likeness (QED) is 0.865. The van der Waals surface area contributed by atoms with E-state index in [-0.39, 0.29) is 5.91 Å². The fraction of sp³-hybridized carbons (Fsp3) is 0.286. The lowest BCUT2D eigenvalue weighted by molar-refractivity contribution is 0.0950. The van der Waals surface area contributed by atoms with E-state index in [0.29, 0.717) is 6.54 Å². The van der Waals surface area contributed by atoms with E-state index in [9.17, 15) is 4.79 Å². The third kappa shape index (κ3) is 2.59. The summed E-state index contributed by atoms with van der Waals surface area (Å²) in [6, 6.07) is 7.68. The summed E-state index contributed by atoms with van der Waals surface area (Å²) in [6.07, 6.45) is 2.59. The van der Waals surface area contributed by atoms with Gasteiger partial charge in [0, 0.05) is 23.4 Å². The van der Waals surface area contributed by atoms with Gasteiger partial charge in [0.05, 0.1) is 6.20 Å². The Morgan fingerprint density at radius 2 is 2.11 bits per heavy atom. The Bertz CT molecular complexity index is 545. The van der Waals surface area contributed by atoms with Crippen LogP contribution in [0.25, 0.3) is 0 Å². The summed E-state index contributed by atoms with van der Waals surface area (Å²) in [6.45, 7) is 4.49. The minimum atomic E-state index is -0.0342. The van der Waals surface area contributed by atoms with Crippen LogP contribution in [0.15, 0.2) is 30.5 Å². The van der Waals surface area contributed by atoms with Crippen molar-refractivity contribution in [2.75, 3.05) is 0 Å². The molecule has 0 aliphatic rings. The van der Waals surface area contributed by atoms with Crippen LogP contribution in [0, 0.1) is 6.92 Å². The molecule has 0 aliphatic heterocycles. The zero-order chi connectivity index (χ0) is 13.0. The smallest absolute Gasteiger partial charge is 0.251 e. The second kappa shape index (κ2) is 5.49. The number of aryl methyl sites for hydroxylation is 2. The molecule has 18 heavy (non-hydrogen) atoms. The summed E-state index contributed by atoms with van der Waals surface area (Å²) in [5, 5.41) is 9.70. The van der Waals surface area contributed by atoms with Gasteiger partial charge in [-0.3, -0.25) is 9.89 Å². The number of nitrogens with zero attached hydrogens (tertiary/aromatic N) is 1. The molecular formula is C14H17N3O. The molecule has 2 rings (SSSR count). The molecular weight excluding hydrogens is 226 g/mol. The van der Waals surface area contributed by atoms with Crippen LogP contribution >= 0.6 is 0 Å². The Morgan fingerprint density at radius 3 is 2.78 bits per heavy atom. The van der Waals surface area contributed by atoms with Crippen LogP contribution in [0.3, 0.4) is 0 Å². The van der Waals surface area contributed by atoms with E-state index in [4.69, 9.17) is 0 Å². The lowest BCUT2D eigenvalue weighted by Gasteiger charge is -2.08. The van der Waals surface area contributed by atoms with Crippen molar-refractivity contribution in [3.8, 4) is 0 Å². The van der Waals surface area contributed by atoms with E-state index in [1.54, 1.807) is 6.20 Å². The second-order valence-corrected chi connectivity index (χ2v) is 4.21. The molecule has 0 bridgehead atoms. The van der Waals surface area contributed by atoms with E-state index < -0.39 is 0 Å². The van der Waals surface area contributed by atoms with Crippen LogP contribution in [0.1, 0.15) is 34.1 Å². The molecule has 0 aliphatic carbocycles. The van der Waals surface area contributed by atoms with E-state index >= 15 is 0 Å². The van der Waals surface area contributed by atoms with E-state index in [1.165, 1.54) is 0 Å². The normalized spacial score (nSPS) is 10.3. The number of nitrogens with one attached hydrogen (secondary N) is 2. The first-order chi connectivity index (χ1) is 8.72. The molecule has 1 amide bonds. The van der Waals surface area contributed by atoms with Gasteiger partial charge >= 0.3 is 0 Å². The number of hydrogen-bond acceptors (Lipinski definition) is 2. The topological polar surface area (TPSA) is 57.8 Å². The Balaban J connectivity index is 2.06. The van der Waals surface area contributed by atoms with E-state index in [0.717, 1.165) is 28.8 Å². The number of aromatic nitrogens is 2. The third-order valence-electron chi connectivity index (χ3n) is 3.02. The zero-order valence-electron chi connectivity index (χ0n) is 10.7. The number of benzene rings is 1. The maximum Gasteiger partial charge on any atom is 0.251 e. The van der Waals surface area contributed by atoms with Crippen molar-refractivity contribution in [2.24, 2.45) is 0 Å². The van der Waals surface area contributed by atoms with Gasteiger partial charge in [0.15, 0.2) is 0 Å². The predicted octanol–water partition coefficient (Wildman–Crippen LogP) is 2.21. The van der Waals surface area contributed by atoms with Gasteiger partial charge in [0.2, 0.25) is 0 Å². The highest BCUT2D eigenvalue weighted by Gasteiger charge is 2.10. The highest BCUT2D eigenvalue weighted by atomic mass is 16.1. The number of hydrogen-bond donors (Lipinski definition) is 2. The van der Waals surface area contributed by atoms with Crippen LogP contribution in [0.5, 0.6) is 0 Å². The van der Waals surface area contributed by atoms with Gasteiger partial charge in [0.25, 0.3) is 5.91 Å². The summed E-state index contributed by atoms with van der Waals surface area (Å²) in [7, 11) is 0. The van der Waals surface area contributed by atoms with Crippen LogP contribution in [0.2, 0.25) is 0 Å². The molecule has 2 N–H and O–H groups in total. The summed E-state index contributed by atoms with van der Waals surface area (Å²) < 4.78 is 0. The average molecular weight is 243 g/mol. The Kier molecular flexibility index (Phi) is 3.77. The van der Waals surface area contributed by atoms with Gasteiger partial charge in [-0.1, -0.05) is 25.1 Å². The molecule has 0 spiro atoms. The zero-order valence-corrected chi connectivity index (χ0v) is 10.7. The molecule has 2 aromatic rings. The highest BCUT2D eigenvalue weighted by molar-refractivity contribution is 5.95. The van der Waals surface area contributed by atoms with Crippen molar-refractivity contribution in [3.63, 3.8) is 0 Å². The van der Waals surface area contributed by atoms with Gasteiger partial charge in [-0.25, -0.2) is 0 Å². The number of rotatable bonds is 4. The molecule has 0 unspecified atom stereocenters. The van der Waals surface area contributed by atoms with Crippen molar-refractivity contribution in [1.29, 1.82) is 0 Å². The molecule has 1 heterocycles. The van der Waals surface area contributed by atoms with Gasteiger partial charge in [0.1, 0.15) is 0 Å². The number of aromatic amines is 1. The largest absolute Gasteiger partial charge is 0.348 e. The standard InChI is InChI=1S/C14H17N3O/c1-3-11-6-4-5-7-13(11)14(18)15-8-12-9-16-17-10(12)2/h4-7,9H,3,8H2,1-2H3,(H,15,18)(H,16,17). The van der Waals surface area contributed by atoms with Crippen molar-refractivity contribution >= 4 is 5.91 Å². The van der Waals surface area contributed by atoms with Crippen LogP contribution in [-0.2, 0) is 13.0 Å². The molecule has 4 heteroatoms. The first kappa shape index (κ1) is 12.4. The van der Waals surface area contributed by atoms with Crippen LogP contribution < -0.4 is 5.32 Å². The fourth-order valence-corrected chi connectivity index (χ4v) is 1.87. The highest BCUT2D eigenvalue weighted by Crippen LogP contribution is 2.10. The Morgan fingerprint density at radius 1 is 1.33 bits per heavy atom. The maximum atomic E-state index is 12.1. The SMILES string of the molecule is CCc1ccccc1C(=O)NCc1cn[nH]c1C. The fourth-order valence-electron chi connectivity index (χ4n) is 1.87. The Hall–Kier alpha value is -2.10. The van der Waals surface area contributed by atoms with Crippen LogP contribution in [-0.4, -0.2) is 16.1 Å². The van der Waals surface area contributed by atoms with Gasteiger partial charge in [-0.05, 0) is 25.0 Å². The van der Waals surface area contributed by atoms with Crippen molar-refractivity contribution < 1.29 is 4.79 Å². The minimum absolute atomic E-state index is 0.0342. The summed E-state index contributed by atoms with van der Waals surface area (Å²) in [4.78, 5) is 12.1. The van der Waals surface area contributed by atoms with Crippen LogP contribution in [0.4, 0.5) is 0 Å². The molecule has 0 fully saturated rings. The number of H-pyrrole nitrogens is 1. The molecule has 0 saturated heterocycles. The molecule has 1 aromatic heterocycles. The summed E-state index contributed by atoms with van der Waals surface area (Å²) in [5.74, 6) is -0.0342. The molecule has 4 nitrogen and oxygen atoms in total. The first-order valence-electron chi connectivity index (χ1n) is 6.07. The predicted molar refractivity (Wildman–Crippen MR) is 70.3 cm³/mol. The molecule has 0 atom stereocenters. The van der Waals surface area contributed by atoms with Crippen molar-refractivity contribution in [2.45, 2.75) is 26.8 Å².